The monoisotopic (exact) mass is 616 g/mol. The maximum atomic E-state index is 13.5. The number of para-hydroxylation sites is 1. The smallest absolute Gasteiger partial charge is 0.276 e. The fourth-order valence-electron chi connectivity index (χ4n) is 5.64. The number of hydrogen-bond donors (Lipinski definition) is 2. The molecule has 0 saturated carbocycles. The second kappa shape index (κ2) is 12.2. The zero-order valence-electron chi connectivity index (χ0n) is 25.0. The first-order valence-corrected chi connectivity index (χ1v) is 15.8. The summed E-state index contributed by atoms with van der Waals surface area (Å²) in [4.78, 5) is 46.9. The molecule has 0 saturated heterocycles. The van der Waals surface area contributed by atoms with Crippen LogP contribution in [-0.4, -0.2) is 49.2 Å². The molecule has 45 heavy (non-hydrogen) atoms. The third-order valence-electron chi connectivity index (χ3n) is 7.78. The summed E-state index contributed by atoms with van der Waals surface area (Å²) < 4.78 is 5.77. The van der Waals surface area contributed by atoms with Gasteiger partial charge >= 0.3 is 0 Å². The largest absolute Gasteiger partial charge is 0.491 e. The van der Waals surface area contributed by atoms with Crippen molar-refractivity contribution < 1.29 is 14.3 Å². The summed E-state index contributed by atoms with van der Waals surface area (Å²) in [6.45, 7) is 6.64. The number of fused-ring (bicyclic) bond motifs is 3. The fourth-order valence-corrected chi connectivity index (χ4v) is 6.80. The van der Waals surface area contributed by atoms with E-state index in [1.165, 1.54) is 10.4 Å². The molecule has 7 rings (SSSR count). The quantitative estimate of drug-likeness (QED) is 0.176. The number of imidazole rings is 1. The number of carbonyl (C=O) groups is 2. The lowest BCUT2D eigenvalue weighted by atomic mass is 10.1. The number of pyridine rings is 1. The van der Waals surface area contributed by atoms with E-state index in [0.29, 0.717) is 16.6 Å². The Bertz CT molecular complexity index is 2030. The molecule has 3 aromatic heterocycles. The van der Waals surface area contributed by atoms with Crippen LogP contribution in [0.15, 0.2) is 79.0 Å². The van der Waals surface area contributed by atoms with Crippen LogP contribution in [0.2, 0.25) is 0 Å². The van der Waals surface area contributed by atoms with Gasteiger partial charge in [0.25, 0.3) is 5.91 Å². The number of Topliss-reactive ketones (excluding diaryl/α,β-unsaturated/α-hetero) is 1. The van der Waals surface area contributed by atoms with Crippen molar-refractivity contribution >= 4 is 50.8 Å². The van der Waals surface area contributed by atoms with E-state index >= 15 is 0 Å². The molecular weight excluding hydrogens is 584 g/mol. The second-order valence-corrected chi connectivity index (χ2v) is 12.7. The minimum absolute atomic E-state index is 0.0622. The van der Waals surface area contributed by atoms with E-state index in [2.05, 4.69) is 37.3 Å². The Morgan fingerprint density at radius 2 is 1.84 bits per heavy atom. The lowest BCUT2D eigenvalue weighted by Gasteiger charge is -2.26. The first kappa shape index (κ1) is 28.8. The van der Waals surface area contributed by atoms with Crippen molar-refractivity contribution in [3.8, 4) is 5.75 Å². The minimum atomic E-state index is -0.382. The predicted octanol–water partition coefficient (Wildman–Crippen LogP) is 6.59. The summed E-state index contributed by atoms with van der Waals surface area (Å²) in [5.74, 6) is 0.702. The molecule has 6 aromatic rings. The number of nitrogens with zero attached hydrogens (tertiary/aromatic N) is 4. The normalized spacial score (nSPS) is 13.3. The van der Waals surface area contributed by atoms with Crippen LogP contribution in [0.4, 0.5) is 5.95 Å². The van der Waals surface area contributed by atoms with Crippen molar-refractivity contribution in [3.63, 3.8) is 0 Å². The molecule has 10 heteroatoms. The summed E-state index contributed by atoms with van der Waals surface area (Å²) in [5.41, 5.74) is 4.29. The molecule has 9 nitrogen and oxygen atoms in total. The maximum Gasteiger partial charge on any atom is 0.276 e. The Labute approximate surface area is 264 Å². The molecule has 1 amide bonds. The molecule has 226 valence electrons. The van der Waals surface area contributed by atoms with Gasteiger partial charge in [-0.25, -0.2) is 9.97 Å². The van der Waals surface area contributed by atoms with E-state index in [1.807, 2.05) is 62.4 Å². The molecule has 0 bridgehead atoms. The van der Waals surface area contributed by atoms with Crippen LogP contribution < -0.4 is 10.1 Å². The van der Waals surface area contributed by atoms with Crippen LogP contribution in [0.3, 0.4) is 0 Å². The summed E-state index contributed by atoms with van der Waals surface area (Å²) in [6.07, 6.45) is 2.89. The van der Waals surface area contributed by atoms with Crippen molar-refractivity contribution in [1.82, 2.24) is 24.8 Å². The summed E-state index contributed by atoms with van der Waals surface area (Å²) in [7, 11) is 0. The van der Waals surface area contributed by atoms with Gasteiger partial charge in [-0.2, -0.15) is 0 Å². The number of ketones is 1. The number of aromatic nitrogens is 4. The van der Waals surface area contributed by atoms with Crippen LogP contribution in [0.25, 0.3) is 21.8 Å². The fraction of sp³-hybridized carbons (Fsp3) is 0.229. The molecule has 0 spiro atoms. The Kier molecular flexibility index (Phi) is 7.83. The van der Waals surface area contributed by atoms with Gasteiger partial charge in [0.1, 0.15) is 22.0 Å². The molecular formula is C35H32N6O3S. The molecule has 0 atom stereocenters. The number of hydrogen-bond acceptors (Lipinski definition) is 8. The predicted molar refractivity (Wildman–Crippen MR) is 176 cm³/mol. The van der Waals surface area contributed by atoms with E-state index in [-0.39, 0.29) is 35.9 Å². The Morgan fingerprint density at radius 3 is 2.67 bits per heavy atom. The molecule has 3 aromatic carbocycles. The molecule has 0 fully saturated rings. The molecule has 1 aliphatic rings. The highest BCUT2D eigenvalue weighted by Gasteiger charge is 2.23. The van der Waals surface area contributed by atoms with Crippen molar-refractivity contribution in [2.24, 2.45) is 0 Å². The maximum absolute atomic E-state index is 13.5. The van der Waals surface area contributed by atoms with Crippen LogP contribution in [0.1, 0.15) is 55.8 Å². The van der Waals surface area contributed by atoms with Gasteiger partial charge in [-0.05, 0) is 55.1 Å². The van der Waals surface area contributed by atoms with Gasteiger partial charge in [-0.15, -0.1) is 11.3 Å². The number of benzene rings is 3. The van der Waals surface area contributed by atoms with Crippen LogP contribution in [0.5, 0.6) is 5.75 Å². The number of anilines is 1. The first-order valence-electron chi connectivity index (χ1n) is 15.0. The Morgan fingerprint density at radius 1 is 1.02 bits per heavy atom. The highest BCUT2D eigenvalue weighted by atomic mass is 32.1. The second-order valence-electron chi connectivity index (χ2n) is 11.5. The number of thiazole rings is 1. The van der Waals surface area contributed by atoms with Gasteiger partial charge in [-0.3, -0.25) is 24.8 Å². The van der Waals surface area contributed by atoms with E-state index < -0.39 is 0 Å². The highest BCUT2D eigenvalue weighted by Crippen LogP contribution is 2.28. The first-order chi connectivity index (χ1) is 21.9. The number of rotatable bonds is 9. The van der Waals surface area contributed by atoms with Gasteiger partial charge in [-0.1, -0.05) is 42.5 Å². The van der Waals surface area contributed by atoms with Crippen molar-refractivity contribution in [3.05, 3.63) is 111 Å². The Hall–Kier alpha value is -4.93. The van der Waals surface area contributed by atoms with Crippen LogP contribution >= 0.6 is 11.3 Å². The van der Waals surface area contributed by atoms with Crippen molar-refractivity contribution in [2.75, 3.05) is 11.9 Å². The average Bonchev–Trinajstić information content (AvgIpc) is 3.64. The lowest BCUT2D eigenvalue weighted by Crippen LogP contribution is -2.29. The van der Waals surface area contributed by atoms with Gasteiger partial charge < -0.3 is 9.72 Å². The van der Waals surface area contributed by atoms with Crippen LogP contribution in [-0.2, 0) is 25.9 Å². The number of nitrogens with one attached hydrogen (secondary N) is 2. The van der Waals surface area contributed by atoms with Crippen molar-refractivity contribution in [2.45, 2.75) is 45.9 Å². The number of ether oxygens (including phenoxy) is 1. The zero-order chi connectivity index (χ0) is 30.9. The Balaban J connectivity index is 1.02. The van der Waals surface area contributed by atoms with E-state index in [9.17, 15) is 9.59 Å². The van der Waals surface area contributed by atoms with Gasteiger partial charge in [0.2, 0.25) is 5.95 Å². The van der Waals surface area contributed by atoms with Gasteiger partial charge in [0.05, 0.1) is 23.7 Å². The van der Waals surface area contributed by atoms with Gasteiger partial charge in [0, 0.05) is 48.1 Å². The minimum Gasteiger partial charge on any atom is -0.491 e. The van der Waals surface area contributed by atoms with Gasteiger partial charge in [0.15, 0.2) is 5.78 Å². The number of amides is 1. The van der Waals surface area contributed by atoms with E-state index in [1.54, 1.807) is 29.7 Å². The molecule has 0 aliphatic carbocycles. The molecule has 0 radical (unpaired) electrons. The van der Waals surface area contributed by atoms with Crippen LogP contribution in [0, 0.1) is 0 Å². The SMILES string of the molecule is CC(C)Oc1ccc(CN2CCc3nc(CC(=O)c4cccc5[nH]c(NC(=O)c6cc7ccccc7cn6)nc45)sc3C2)cc1. The molecule has 1 aliphatic heterocycles. The zero-order valence-corrected chi connectivity index (χ0v) is 25.9. The summed E-state index contributed by atoms with van der Waals surface area (Å²) in [6, 6.07) is 23.2. The van der Waals surface area contributed by atoms with Crippen molar-refractivity contribution in [1.29, 1.82) is 0 Å². The van der Waals surface area contributed by atoms with E-state index in [4.69, 9.17) is 9.72 Å². The topological polar surface area (TPSA) is 113 Å². The number of aromatic amines is 1. The number of carbonyl (C=O) groups excluding carboxylic acids is 2. The molecule has 2 N–H and O–H groups in total. The molecule has 4 heterocycles. The standard InChI is InChI=1S/C35H32N6O3S/c1-21(2)44-25-12-10-22(11-13-25)19-41-15-14-27-31(20-41)45-32(37-27)17-30(42)26-8-5-9-28-33(26)39-35(38-28)40-34(43)29-16-23-6-3-4-7-24(23)18-36-29/h3-13,16,18,21H,14-15,17,19-20H2,1-2H3,(H2,38,39,40,43). The lowest BCUT2D eigenvalue weighted by molar-refractivity contribution is 0.0992. The third kappa shape index (κ3) is 6.33. The highest BCUT2D eigenvalue weighted by molar-refractivity contribution is 7.11. The third-order valence-corrected chi connectivity index (χ3v) is 8.86. The number of H-pyrrole nitrogens is 1. The van der Waals surface area contributed by atoms with E-state index in [0.717, 1.165) is 53.3 Å². The summed E-state index contributed by atoms with van der Waals surface area (Å²) >= 11 is 1.61. The average molecular weight is 617 g/mol. The molecule has 0 unspecified atom stereocenters. The summed E-state index contributed by atoms with van der Waals surface area (Å²) in [5, 5.41) is 5.48.